The number of carbonyl (C=O) groups excluding carboxylic acids is 1. The van der Waals surface area contributed by atoms with Crippen LogP contribution in [-0.4, -0.2) is 49.3 Å². The highest BCUT2D eigenvalue weighted by Gasteiger charge is 2.27. The quantitative estimate of drug-likeness (QED) is 0.649. The van der Waals surface area contributed by atoms with Crippen molar-refractivity contribution in [3.63, 3.8) is 0 Å². The Labute approximate surface area is 159 Å². The van der Waals surface area contributed by atoms with E-state index in [2.05, 4.69) is 21.9 Å². The molecule has 1 N–H and O–H groups in total. The highest BCUT2D eigenvalue weighted by atomic mass is 19.4. The molecule has 27 heavy (non-hydrogen) atoms. The van der Waals surface area contributed by atoms with Crippen LogP contribution in [0, 0.1) is 0 Å². The van der Waals surface area contributed by atoms with Crippen LogP contribution in [0.15, 0.2) is 24.3 Å². The fourth-order valence-corrected chi connectivity index (χ4v) is 3.27. The second-order valence-corrected chi connectivity index (χ2v) is 7.15. The van der Waals surface area contributed by atoms with Crippen LogP contribution in [0.3, 0.4) is 0 Å². The molecule has 0 radical (unpaired) electrons. The standard InChI is InChI=1S/C20H29F3N2O2/c1-16-6-2-4-12-25(16)13-5-3-11-24-19(26)18-9-7-17(8-10-18)14-27-15-20(21,22)23/h7-10,16H,2-6,11-15H2,1H3,(H,24,26). The van der Waals surface area contributed by atoms with E-state index >= 15 is 0 Å². The molecule has 7 heteroatoms. The van der Waals surface area contributed by atoms with E-state index < -0.39 is 12.8 Å². The fourth-order valence-electron chi connectivity index (χ4n) is 3.27. The molecule has 1 fully saturated rings. The van der Waals surface area contributed by atoms with Crippen LogP contribution in [0.2, 0.25) is 0 Å². The number of rotatable bonds is 9. The zero-order valence-electron chi connectivity index (χ0n) is 15.9. The van der Waals surface area contributed by atoms with Gasteiger partial charge in [0.1, 0.15) is 6.61 Å². The summed E-state index contributed by atoms with van der Waals surface area (Å²) in [6, 6.07) is 7.10. The summed E-state index contributed by atoms with van der Waals surface area (Å²) in [5, 5.41) is 2.89. The van der Waals surface area contributed by atoms with E-state index in [9.17, 15) is 18.0 Å². The summed E-state index contributed by atoms with van der Waals surface area (Å²) in [5.41, 5.74) is 1.10. The fraction of sp³-hybridized carbons (Fsp3) is 0.650. The first-order valence-corrected chi connectivity index (χ1v) is 9.61. The van der Waals surface area contributed by atoms with Gasteiger partial charge in [0.25, 0.3) is 5.91 Å². The van der Waals surface area contributed by atoms with Gasteiger partial charge < -0.3 is 15.0 Å². The Morgan fingerprint density at radius 2 is 1.96 bits per heavy atom. The molecule has 0 aliphatic carbocycles. The highest BCUT2D eigenvalue weighted by Crippen LogP contribution is 2.17. The number of piperidine rings is 1. The van der Waals surface area contributed by atoms with Gasteiger partial charge >= 0.3 is 6.18 Å². The SMILES string of the molecule is CC1CCCCN1CCCCNC(=O)c1ccc(COCC(F)(F)F)cc1. The van der Waals surface area contributed by atoms with Crippen molar-refractivity contribution in [2.75, 3.05) is 26.2 Å². The molecular weight excluding hydrogens is 357 g/mol. The first-order valence-electron chi connectivity index (χ1n) is 9.61. The van der Waals surface area contributed by atoms with Gasteiger partial charge in [0.05, 0.1) is 6.61 Å². The number of hydrogen-bond acceptors (Lipinski definition) is 3. The van der Waals surface area contributed by atoms with Gasteiger partial charge in [-0.2, -0.15) is 13.2 Å². The van der Waals surface area contributed by atoms with Gasteiger partial charge in [-0.05, 0) is 63.4 Å². The van der Waals surface area contributed by atoms with Crippen molar-refractivity contribution in [2.45, 2.75) is 57.9 Å². The third kappa shape index (κ3) is 8.30. The zero-order chi connectivity index (χ0) is 19.7. The lowest BCUT2D eigenvalue weighted by Crippen LogP contribution is -2.38. The molecule has 152 valence electrons. The molecule has 1 amide bonds. The lowest BCUT2D eigenvalue weighted by molar-refractivity contribution is -0.176. The molecule has 1 heterocycles. The number of carbonyl (C=O) groups is 1. The van der Waals surface area contributed by atoms with Crippen LogP contribution < -0.4 is 5.32 Å². The summed E-state index contributed by atoms with van der Waals surface area (Å²) < 4.78 is 40.7. The maximum absolute atomic E-state index is 12.1. The first kappa shape index (κ1) is 21.7. The van der Waals surface area contributed by atoms with Crippen LogP contribution in [-0.2, 0) is 11.3 Å². The molecule has 0 bridgehead atoms. The van der Waals surface area contributed by atoms with Crippen molar-refractivity contribution in [1.82, 2.24) is 10.2 Å². The molecule has 0 aromatic heterocycles. The van der Waals surface area contributed by atoms with E-state index in [0.29, 0.717) is 23.7 Å². The van der Waals surface area contributed by atoms with Crippen molar-refractivity contribution >= 4 is 5.91 Å². The van der Waals surface area contributed by atoms with Crippen LogP contribution in [0.25, 0.3) is 0 Å². The Morgan fingerprint density at radius 1 is 1.22 bits per heavy atom. The Bertz CT molecular complexity index is 576. The van der Waals surface area contributed by atoms with Gasteiger partial charge in [0.2, 0.25) is 0 Å². The normalized spacial score (nSPS) is 18.4. The number of likely N-dealkylation sites (tertiary alicyclic amines) is 1. The number of nitrogens with zero attached hydrogens (tertiary/aromatic N) is 1. The van der Waals surface area contributed by atoms with Crippen LogP contribution >= 0.6 is 0 Å². The number of halogens is 3. The number of alkyl halides is 3. The number of ether oxygens (including phenoxy) is 1. The van der Waals surface area contributed by atoms with E-state index in [4.69, 9.17) is 0 Å². The van der Waals surface area contributed by atoms with Crippen molar-refractivity contribution in [3.05, 3.63) is 35.4 Å². The highest BCUT2D eigenvalue weighted by molar-refractivity contribution is 5.94. The number of hydrogen-bond donors (Lipinski definition) is 1. The second kappa shape index (κ2) is 10.7. The van der Waals surface area contributed by atoms with Gasteiger partial charge in [-0.25, -0.2) is 0 Å². The van der Waals surface area contributed by atoms with Crippen molar-refractivity contribution in [3.8, 4) is 0 Å². The van der Waals surface area contributed by atoms with Gasteiger partial charge in [-0.3, -0.25) is 4.79 Å². The maximum Gasteiger partial charge on any atom is 0.411 e. The van der Waals surface area contributed by atoms with E-state index in [1.165, 1.54) is 25.8 Å². The predicted octanol–water partition coefficient (Wildman–Crippen LogP) is 4.15. The van der Waals surface area contributed by atoms with E-state index in [0.717, 1.165) is 19.4 Å². The lowest BCUT2D eigenvalue weighted by Gasteiger charge is -2.33. The topological polar surface area (TPSA) is 41.6 Å². The summed E-state index contributed by atoms with van der Waals surface area (Å²) in [6.45, 7) is 3.74. The van der Waals surface area contributed by atoms with Gasteiger partial charge in [0, 0.05) is 18.2 Å². The molecule has 0 spiro atoms. The van der Waals surface area contributed by atoms with Crippen molar-refractivity contribution < 1.29 is 22.7 Å². The number of benzene rings is 1. The third-order valence-corrected chi connectivity index (χ3v) is 4.85. The molecule has 1 aliphatic rings. The molecule has 2 rings (SSSR count). The number of nitrogens with one attached hydrogen (secondary N) is 1. The lowest BCUT2D eigenvalue weighted by atomic mass is 10.0. The molecule has 1 unspecified atom stereocenters. The van der Waals surface area contributed by atoms with Crippen LogP contribution in [0.5, 0.6) is 0 Å². The maximum atomic E-state index is 12.1. The van der Waals surface area contributed by atoms with Crippen molar-refractivity contribution in [1.29, 1.82) is 0 Å². The molecule has 1 aliphatic heterocycles. The van der Waals surface area contributed by atoms with E-state index in [-0.39, 0.29) is 12.5 Å². The monoisotopic (exact) mass is 386 g/mol. The summed E-state index contributed by atoms with van der Waals surface area (Å²) in [7, 11) is 0. The minimum absolute atomic E-state index is 0.129. The zero-order valence-corrected chi connectivity index (χ0v) is 15.9. The molecular formula is C20H29F3N2O2. The molecule has 1 aromatic rings. The minimum Gasteiger partial charge on any atom is -0.367 e. The molecule has 1 saturated heterocycles. The van der Waals surface area contributed by atoms with E-state index in [1.807, 2.05) is 0 Å². The number of unbranched alkanes of at least 4 members (excludes halogenated alkanes) is 1. The molecule has 1 aromatic carbocycles. The number of amides is 1. The smallest absolute Gasteiger partial charge is 0.367 e. The third-order valence-electron chi connectivity index (χ3n) is 4.85. The Balaban J connectivity index is 1.62. The van der Waals surface area contributed by atoms with E-state index in [1.54, 1.807) is 24.3 Å². The summed E-state index contributed by atoms with van der Waals surface area (Å²) in [6.07, 6.45) is 1.53. The summed E-state index contributed by atoms with van der Waals surface area (Å²) in [5.74, 6) is -0.163. The van der Waals surface area contributed by atoms with Crippen LogP contribution in [0.1, 0.15) is 54.9 Å². The largest absolute Gasteiger partial charge is 0.411 e. The minimum atomic E-state index is -4.33. The molecule has 0 saturated carbocycles. The molecule has 1 atom stereocenters. The van der Waals surface area contributed by atoms with Crippen molar-refractivity contribution in [2.24, 2.45) is 0 Å². The Hall–Kier alpha value is -1.60. The van der Waals surface area contributed by atoms with Gasteiger partial charge in [0.15, 0.2) is 0 Å². The Kier molecular flexibility index (Phi) is 8.57. The predicted molar refractivity (Wildman–Crippen MR) is 98.6 cm³/mol. The Morgan fingerprint density at radius 3 is 2.63 bits per heavy atom. The second-order valence-electron chi connectivity index (χ2n) is 7.15. The van der Waals surface area contributed by atoms with Crippen LogP contribution in [0.4, 0.5) is 13.2 Å². The average Bonchev–Trinajstić information content (AvgIpc) is 2.62. The summed E-state index contributed by atoms with van der Waals surface area (Å²) in [4.78, 5) is 14.6. The van der Waals surface area contributed by atoms with Gasteiger partial charge in [-0.1, -0.05) is 18.6 Å². The van der Waals surface area contributed by atoms with Gasteiger partial charge in [-0.15, -0.1) is 0 Å². The summed E-state index contributed by atoms with van der Waals surface area (Å²) >= 11 is 0. The first-order chi connectivity index (χ1) is 12.8. The average molecular weight is 386 g/mol. The molecule has 4 nitrogen and oxygen atoms in total.